The molecule has 0 saturated carbocycles. The smallest absolute Gasteiger partial charge is 0.0991 e. The Morgan fingerprint density at radius 3 is 2.58 bits per heavy atom. The van der Waals surface area contributed by atoms with Crippen molar-refractivity contribution in [2.75, 3.05) is 13.1 Å². The van der Waals surface area contributed by atoms with E-state index in [2.05, 4.69) is 44.5 Å². The van der Waals surface area contributed by atoms with Crippen LogP contribution in [0.3, 0.4) is 0 Å². The van der Waals surface area contributed by atoms with Gasteiger partial charge in [0.15, 0.2) is 0 Å². The number of piperidine rings is 1. The normalized spacial score (nSPS) is 16.2. The number of hydrogen-bond donors (Lipinski definition) is 1. The number of aromatic nitrogens is 5. The molecule has 7 nitrogen and oxygen atoms in total. The van der Waals surface area contributed by atoms with Crippen LogP contribution in [0, 0.1) is 5.92 Å². The summed E-state index contributed by atoms with van der Waals surface area (Å²) in [6, 6.07) is 8.74. The third kappa shape index (κ3) is 4.00. The molecule has 0 aliphatic carbocycles. The van der Waals surface area contributed by atoms with E-state index in [1.807, 2.05) is 28.0 Å². The lowest BCUT2D eigenvalue weighted by Gasteiger charge is -2.31. The molecule has 1 aliphatic heterocycles. The van der Waals surface area contributed by atoms with Crippen LogP contribution >= 0.6 is 0 Å². The van der Waals surface area contributed by atoms with Gasteiger partial charge in [-0.25, -0.2) is 4.98 Å². The Bertz CT molecular complexity index is 799. The van der Waals surface area contributed by atoms with E-state index in [0.717, 1.165) is 37.6 Å². The van der Waals surface area contributed by atoms with Gasteiger partial charge in [0.25, 0.3) is 0 Å². The van der Waals surface area contributed by atoms with E-state index in [0.29, 0.717) is 12.5 Å². The fraction of sp³-hybridized carbons (Fsp3) is 0.421. The number of nitrogens with zero attached hydrogens (tertiary/aromatic N) is 6. The molecule has 2 aromatic heterocycles. The van der Waals surface area contributed by atoms with Gasteiger partial charge in [0, 0.05) is 43.9 Å². The van der Waals surface area contributed by atoms with E-state index >= 15 is 0 Å². The Morgan fingerprint density at radius 1 is 1.12 bits per heavy atom. The summed E-state index contributed by atoms with van der Waals surface area (Å²) in [4.78, 5) is 6.63. The van der Waals surface area contributed by atoms with E-state index < -0.39 is 0 Å². The molecule has 3 heterocycles. The summed E-state index contributed by atoms with van der Waals surface area (Å²) in [6.07, 6.45) is 9.95. The van der Waals surface area contributed by atoms with Crippen molar-refractivity contribution >= 4 is 0 Å². The quantitative estimate of drug-likeness (QED) is 0.733. The lowest BCUT2D eigenvalue weighted by Crippen LogP contribution is -2.34. The maximum atomic E-state index is 5.60. The number of hydrogen-bond acceptors (Lipinski definition) is 5. The maximum absolute atomic E-state index is 5.60. The van der Waals surface area contributed by atoms with E-state index in [1.165, 1.54) is 18.4 Å². The van der Waals surface area contributed by atoms with Crippen molar-refractivity contribution in [2.24, 2.45) is 11.7 Å². The molecule has 1 fully saturated rings. The monoisotopic (exact) mass is 351 g/mol. The molecule has 0 amide bonds. The molecule has 136 valence electrons. The van der Waals surface area contributed by atoms with Crippen LogP contribution in [0.4, 0.5) is 0 Å². The molecule has 7 heteroatoms. The topological polar surface area (TPSA) is 77.8 Å². The molecular formula is C19H25N7. The summed E-state index contributed by atoms with van der Waals surface area (Å²) in [5, 5.41) is 8.23. The summed E-state index contributed by atoms with van der Waals surface area (Å²) in [6.45, 7) is 4.68. The second kappa shape index (κ2) is 7.80. The average Bonchev–Trinajstić information content (AvgIpc) is 3.36. The van der Waals surface area contributed by atoms with Gasteiger partial charge in [0.2, 0.25) is 0 Å². The first-order valence-electron chi connectivity index (χ1n) is 9.19. The lowest BCUT2D eigenvalue weighted by molar-refractivity contribution is 0.164. The molecule has 0 radical (unpaired) electrons. The van der Waals surface area contributed by atoms with Gasteiger partial charge in [-0.05, 0) is 49.5 Å². The molecule has 1 aromatic carbocycles. The zero-order chi connectivity index (χ0) is 17.8. The average molecular weight is 351 g/mol. The van der Waals surface area contributed by atoms with Gasteiger partial charge >= 0.3 is 0 Å². The molecule has 0 unspecified atom stereocenters. The zero-order valence-corrected chi connectivity index (χ0v) is 14.9. The minimum atomic E-state index is 0.456. The molecule has 0 atom stereocenters. The number of imidazole rings is 1. The Balaban J connectivity index is 1.27. The van der Waals surface area contributed by atoms with Gasteiger partial charge in [0.05, 0.1) is 12.0 Å². The maximum Gasteiger partial charge on any atom is 0.0991 e. The minimum Gasteiger partial charge on any atom is -0.325 e. The Kier molecular flexibility index (Phi) is 5.08. The van der Waals surface area contributed by atoms with Gasteiger partial charge < -0.3 is 10.3 Å². The van der Waals surface area contributed by atoms with Crippen LogP contribution < -0.4 is 5.73 Å². The molecule has 1 aliphatic rings. The Labute approximate surface area is 153 Å². The van der Waals surface area contributed by atoms with E-state index in [9.17, 15) is 0 Å². The van der Waals surface area contributed by atoms with Gasteiger partial charge in [0.1, 0.15) is 0 Å². The van der Waals surface area contributed by atoms with Crippen molar-refractivity contribution in [1.29, 1.82) is 0 Å². The van der Waals surface area contributed by atoms with E-state index in [4.69, 9.17) is 5.73 Å². The molecule has 2 N–H and O–H groups in total. The Morgan fingerprint density at radius 2 is 1.92 bits per heavy atom. The van der Waals surface area contributed by atoms with Gasteiger partial charge in [-0.1, -0.05) is 17.3 Å². The second-order valence-electron chi connectivity index (χ2n) is 6.99. The van der Waals surface area contributed by atoms with Crippen molar-refractivity contribution in [2.45, 2.75) is 32.5 Å². The number of nitrogens with two attached hydrogens (primary N) is 1. The van der Waals surface area contributed by atoms with Crippen molar-refractivity contribution < 1.29 is 0 Å². The van der Waals surface area contributed by atoms with Gasteiger partial charge in [-0.2, -0.15) is 0 Å². The van der Waals surface area contributed by atoms with Crippen LogP contribution in [0.1, 0.15) is 24.1 Å². The van der Waals surface area contributed by atoms with Crippen molar-refractivity contribution in [1.82, 2.24) is 29.4 Å². The molecule has 0 bridgehead atoms. The van der Waals surface area contributed by atoms with Crippen molar-refractivity contribution in [3.8, 4) is 5.69 Å². The highest BCUT2D eigenvalue weighted by Crippen LogP contribution is 2.21. The highest BCUT2D eigenvalue weighted by Gasteiger charge is 2.20. The van der Waals surface area contributed by atoms with Gasteiger partial charge in [-0.3, -0.25) is 9.58 Å². The third-order valence-corrected chi connectivity index (χ3v) is 5.09. The van der Waals surface area contributed by atoms with E-state index in [-0.39, 0.29) is 0 Å². The Hall–Kier alpha value is -2.51. The first-order valence-corrected chi connectivity index (χ1v) is 9.19. The van der Waals surface area contributed by atoms with Crippen molar-refractivity contribution in [3.05, 3.63) is 60.4 Å². The summed E-state index contributed by atoms with van der Waals surface area (Å²) in [5.74, 6) is 0.669. The predicted octanol–water partition coefficient (Wildman–Crippen LogP) is 1.83. The van der Waals surface area contributed by atoms with Crippen LogP contribution in [0.5, 0.6) is 0 Å². The molecular weight excluding hydrogens is 326 g/mol. The SMILES string of the molecule is NCc1cn(CC2CCN(Cc3ccc(-n4ccnc4)cc3)CC2)nn1. The summed E-state index contributed by atoms with van der Waals surface area (Å²) >= 11 is 0. The lowest BCUT2D eigenvalue weighted by atomic mass is 9.96. The number of rotatable bonds is 6. The summed E-state index contributed by atoms with van der Waals surface area (Å²) < 4.78 is 3.97. The fourth-order valence-electron chi connectivity index (χ4n) is 3.56. The number of benzene rings is 1. The fourth-order valence-corrected chi connectivity index (χ4v) is 3.56. The molecule has 3 aromatic rings. The first-order chi connectivity index (χ1) is 12.8. The third-order valence-electron chi connectivity index (χ3n) is 5.09. The standard InChI is InChI=1S/C19H25N7/c20-11-18-14-26(23-22-18)13-17-5-8-24(9-6-17)12-16-1-3-19(4-2-16)25-10-7-21-15-25/h1-4,7,10,14-15,17H,5-6,8-9,11-13,20H2. The van der Waals surface area contributed by atoms with Gasteiger partial charge in [-0.15, -0.1) is 5.10 Å². The first kappa shape index (κ1) is 16.9. The van der Waals surface area contributed by atoms with Crippen LogP contribution in [0.15, 0.2) is 49.2 Å². The predicted molar refractivity (Wildman–Crippen MR) is 99.5 cm³/mol. The highest BCUT2D eigenvalue weighted by molar-refractivity contribution is 5.34. The summed E-state index contributed by atoms with van der Waals surface area (Å²) in [5.41, 5.74) is 8.97. The molecule has 26 heavy (non-hydrogen) atoms. The number of likely N-dealkylation sites (tertiary alicyclic amines) is 1. The molecule has 4 rings (SSSR count). The molecule has 0 spiro atoms. The largest absolute Gasteiger partial charge is 0.325 e. The van der Waals surface area contributed by atoms with Crippen molar-refractivity contribution in [3.63, 3.8) is 0 Å². The van der Waals surface area contributed by atoms with Crippen LogP contribution in [-0.4, -0.2) is 42.5 Å². The van der Waals surface area contributed by atoms with Crippen LogP contribution in [0.2, 0.25) is 0 Å². The highest BCUT2D eigenvalue weighted by atomic mass is 15.4. The second-order valence-corrected chi connectivity index (χ2v) is 6.99. The van der Waals surface area contributed by atoms with Crippen LogP contribution in [0.25, 0.3) is 5.69 Å². The van der Waals surface area contributed by atoms with E-state index in [1.54, 1.807) is 6.20 Å². The summed E-state index contributed by atoms with van der Waals surface area (Å²) in [7, 11) is 0. The molecule has 1 saturated heterocycles. The van der Waals surface area contributed by atoms with Crippen LogP contribution in [-0.2, 0) is 19.6 Å². The minimum absolute atomic E-state index is 0.456. The zero-order valence-electron chi connectivity index (χ0n) is 14.9.